The van der Waals surface area contributed by atoms with E-state index in [0.29, 0.717) is 16.6 Å². The fraction of sp³-hybridized carbons (Fsp3) is 0. The third-order valence-corrected chi connectivity index (χ3v) is 2.92. The lowest BCUT2D eigenvalue weighted by atomic mass is 10.1. The molecule has 0 saturated carbocycles. The first-order chi connectivity index (χ1) is 9.09. The van der Waals surface area contributed by atoms with Crippen LogP contribution in [0.3, 0.4) is 0 Å². The number of nitrogen functional groups attached to an aromatic ring is 1. The highest BCUT2D eigenvalue weighted by Crippen LogP contribution is 2.31. The zero-order valence-corrected chi connectivity index (χ0v) is 9.55. The standard InChI is InChI=1S/C13H8F3N3/c14-8-5-4-6(10(15)11(8)16)12-7-2-1-3-9(17)13(7)19-18-12/h1-5H,17H2,(H,18,19). The van der Waals surface area contributed by atoms with Crippen LogP contribution in [-0.2, 0) is 0 Å². The van der Waals surface area contributed by atoms with Crippen molar-refractivity contribution >= 4 is 16.6 Å². The molecule has 6 heteroatoms. The summed E-state index contributed by atoms with van der Waals surface area (Å²) in [6.07, 6.45) is 0. The summed E-state index contributed by atoms with van der Waals surface area (Å²) in [5.41, 5.74) is 6.79. The van der Waals surface area contributed by atoms with Crippen LogP contribution in [0, 0.1) is 17.5 Å². The van der Waals surface area contributed by atoms with E-state index in [2.05, 4.69) is 10.2 Å². The van der Waals surface area contributed by atoms with Gasteiger partial charge in [-0.15, -0.1) is 0 Å². The molecule has 96 valence electrons. The largest absolute Gasteiger partial charge is 0.397 e. The Hall–Kier alpha value is -2.50. The van der Waals surface area contributed by atoms with E-state index in [-0.39, 0.29) is 11.3 Å². The van der Waals surface area contributed by atoms with Gasteiger partial charge in [-0.25, -0.2) is 13.2 Å². The highest BCUT2D eigenvalue weighted by atomic mass is 19.2. The van der Waals surface area contributed by atoms with Crippen molar-refractivity contribution < 1.29 is 13.2 Å². The Kier molecular flexibility index (Phi) is 2.45. The van der Waals surface area contributed by atoms with Gasteiger partial charge in [0.05, 0.1) is 11.2 Å². The van der Waals surface area contributed by atoms with E-state index < -0.39 is 17.5 Å². The van der Waals surface area contributed by atoms with Crippen LogP contribution in [0.5, 0.6) is 0 Å². The monoisotopic (exact) mass is 263 g/mol. The first-order valence-electron chi connectivity index (χ1n) is 5.46. The lowest BCUT2D eigenvalue weighted by Crippen LogP contribution is -1.94. The first kappa shape index (κ1) is 11.6. The Balaban J connectivity index is 2.31. The summed E-state index contributed by atoms with van der Waals surface area (Å²) in [6, 6.07) is 7.01. The van der Waals surface area contributed by atoms with Crippen LogP contribution in [0.15, 0.2) is 30.3 Å². The van der Waals surface area contributed by atoms with Crippen molar-refractivity contribution in [3.8, 4) is 11.3 Å². The van der Waals surface area contributed by atoms with E-state index in [1.54, 1.807) is 18.2 Å². The summed E-state index contributed by atoms with van der Waals surface area (Å²) in [5, 5.41) is 7.13. The summed E-state index contributed by atoms with van der Waals surface area (Å²) in [5.74, 6) is -4.02. The number of nitrogens with zero attached hydrogens (tertiary/aromatic N) is 1. The molecule has 3 aromatic rings. The molecule has 1 heterocycles. The second-order valence-electron chi connectivity index (χ2n) is 4.06. The van der Waals surface area contributed by atoms with Gasteiger partial charge in [0, 0.05) is 10.9 Å². The Morgan fingerprint density at radius 3 is 2.58 bits per heavy atom. The van der Waals surface area contributed by atoms with Crippen molar-refractivity contribution in [2.75, 3.05) is 5.73 Å². The number of benzene rings is 2. The van der Waals surface area contributed by atoms with E-state index in [9.17, 15) is 13.2 Å². The van der Waals surface area contributed by atoms with Gasteiger partial charge in [-0.1, -0.05) is 12.1 Å². The molecule has 0 bridgehead atoms. The number of nitrogens with one attached hydrogen (secondary N) is 1. The molecule has 0 aliphatic heterocycles. The van der Waals surface area contributed by atoms with Crippen molar-refractivity contribution in [1.82, 2.24) is 10.2 Å². The summed E-state index contributed by atoms with van der Waals surface area (Å²) < 4.78 is 39.9. The number of anilines is 1. The molecule has 0 fully saturated rings. The molecule has 19 heavy (non-hydrogen) atoms. The third kappa shape index (κ3) is 1.64. The van der Waals surface area contributed by atoms with Crippen molar-refractivity contribution in [2.45, 2.75) is 0 Å². The van der Waals surface area contributed by atoms with Gasteiger partial charge in [0.2, 0.25) is 0 Å². The van der Waals surface area contributed by atoms with Gasteiger partial charge in [0.15, 0.2) is 17.5 Å². The summed E-state index contributed by atoms with van der Waals surface area (Å²) >= 11 is 0. The summed E-state index contributed by atoms with van der Waals surface area (Å²) in [7, 11) is 0. The number of rotatable bonds is 1. The van der Waals surface area contributed by atoms with E-state index >= 15 is 0 Å². The molecule has 0 unspecified atom stereocenters. The topological polar surface area (TPSA) is 54.7 Å². The van der Waals surface area contributed by atoms with Gasteiger partial charge >= 0.3 is 0 Å². The van der Waals surface area contributed by atoms with E-state index in [4.69, 9.17) is 5.73 Å². The maximum absolute atomic E-state index is 13.8. The summed E-state index contributed by atoms with van der Waals surface area (Å²) in [6.45, 7) is 0. The van der Waals surface area contributed by atoms with Crippen LogP contribution in [-0.4, -0.2) is 10.2 Å². The maximum atomic E-state index is 13.8. The van der Waals surface area contributed by atoms with Crippen molar-refractivity contribution in [2.24, 2.45) is 0 Å². The maximum Gasteiger partial charge on any atom is 0.195 e. The molecule has 0 saturated heterocycles. The molecule has 0 atom stereocenters. The smallest absolute Gasteiger partial charge is 0.195 e. The average molecular weight is 263 g/mol. The Labute approximate surface area is 105 Å². The predicted molar refractivity (Wildman–Crippen MR) is 65.8 cm³/mol. The zero-order valence-electron chi connectivity index (χ0n) is 9.55. The SMILES string of the molecule is Nc1cccc2c(-c3ccc(F)c(F)c3F)n[nH]c12. The molecular formula is C13H8F3N3. The molecule has 0 aliphatic carbocycles. The molecular weight excluding hydrogens is 255 g/mol. The molecule has 3 N–H and O–H groups in total. The molecule has 3 nitrogen and oxygen atoms in total. The number of nitrogens with two attached hydrogens (primary N) is 1. The molecule has 1 aromatic heterocycles. The Morgan fingerprint density at radius 1 is 1.00 bits per heavy atom. The zero-order chi connectivity index (χ0) is 13.6. The van der Waals surface area contributed by atoms with Gasteiger partial charge in [-0.2, -0.15) is 5.10 Å². The van der Waals surface area contributed by atoms with E-state index in [1.165, 1.54) is 0 Å². The van der Waals surface area contributed by atoms with Crippen LogP contribution in [0.1, 0.15) is 0 Å². The highest BCUT2D eigenvalue weighted by Gasteiger charge is 2.18. The third-order valence-electron chi connectivity index (χ3n) is 2.92. The second-order valence-corrected chi connectivity index (χ2v) is 4.06. The molecule has 0 spiro atoms. The fourth-order valence-electron chi connectivity index (χ4n) is 1.98. The highest BCUT2D eigenvalue weighted by molar-refractivity contribution is 5.98. The normalized spacial score (nSPS) is 11.1. The number of hydrogen-bond donors (Lipinski definition) is 2. The van der Waals surface area contributed by atoms with Gasteiger partial charge < -0.3 is 5.73 Å². The number of halogens is 3. The van der Waals surface area contributed by atoms with Crippen LogP contribution >= 0.6 is 0 Å². The minimum atomic E-state index is -1.52. The van der Waals surface area contributed by atoms with E-state index in [1.807, 2.05) is 0 Å². The van der Waals surface area contributed by atoms with E-state index in [0.717, 1.165) is 12.1 Å². The van der Waals surface area contributed by atoms with Crippen LogP contribution in [0.25, 0.3) is 22.2 Å². The average Bonchev–Trinajstić information content (AvgIpc) is 2.82. The number of aromatic amines is 1. The quantitative estimate of drug-likeness (QED) is 0.523. The predicted octanol–water partition coefficient (Wildman–Crippen LogP) is 3.23. The molecule has 0 amide bonds. The Morgan fingerprint density at radius 2 is 1.79 bits per heavy atom. The molecule has 3 rings (SSSR count). The fourth-order valence-corrected chi connectivity index (χ4v) is 1.98. The number of H-pyrrole nitrogens is 1. The van der Waals surface area contributed by atoms with Crippen molar-refractivity contribution in [3.63, 3.8) is 0 Å². The van der Waals surface area contributed by atoms with Gasteiger partial charge in [-0.05, 0) is 18.2 Å². The molecule has 2 aromatic carbocycles. The lowest BCUT2D eigenvalue weighted by Gasteiger charge is -2.02. The van der Waals surface area contributed by atoms with Crippen LogP contribution < -0.4 is 5.73 Å². The first-order valence-corrected chi connectivity index (χ1v) is 5.46. The van der Waals surface area contributed by atoms with Gasteiger partial charge in [0.25, 0.3) is 0 Å². The van der Waals surface area contributed by atoms with Crippen LogP contribution in [0.4, 0.5) is 18.9 Å². The minimum absolute atomic E-state index is 0.115. The van der Waals surface area contributed by atoms with Crippen molar-refractivity contribution in [1.29, 1.82) is 0 Å². The molecule has 0 radical (unpaired) electrons. The number of fused-ring (bicyclic) bond motifs is 1. The number of hydrogen-bond acceptors (Lipinski definition) is 2. The number of aromatic nitrogens is 2. The molecule has 0 aliphatic rings. The van der Waals surface area contributed by atoms with Gasteiger partial charge in [0.1, 0.15) is 5.69 Å². The van der Waals surface area contributed by atoms with Crippen LogP contribution in [0.2, 0.25) is 0 Å². The van der Waals surface area contributed by atoms with Gasteiger partial charge in [-0.3, -0.25) is 5.10 Å². The van der Waals surface area contributed by atoms with Crippen molar-refractivity contribution in [3.05, 3.63) is 47.8 Å². The lowest BCUT2D eigenvalue weighted by molar-refractivity contribution is 0.449. The summed E-state index contributed by atoms with van der Waals surface area (Å²) in [4.78, 5) is 0. The minimum Gasteiger partial charge on any atom is -0.397 e. The second kappa shape index (κ2) is 4.01. The number of para-hydroxylation sites is 1. The Bertz CT molecular complexity index is 780.